The number of rotatable bonds is 7. The minimum atomic E-state index is -3.40. The summed E-state index contributed by atoms with van der Waals surface area (Å²) in [7, 11) is -0.198. The third-order valence-corrected chi connectivity index (χ3v) is 4.19. The fourth-order valence-corrected chi connectivity index (χ4v) is 2.86. The molecule has 7 heteroatoms. The molecule has 0 spiro atoms. The van der Waals surface area contributed by atoms with Crippen molar-refractivity contribution in [1.29, 1.82) is 0 Å². The van der Waals surface area contributed by atoms with Gasteiger partial charge in [-0.3, -0.25) is 9.59 Å². The van der Waals surface area contributed by atoms with Crippen molar-refractivity contribution >= 4 is 21.7 Å². The predicted octanol–water partition coefficient (Wildman–Crippen LogP) is -0.00970. The van der Waals surface area contributed by atoms with Crippen LogP contribution in [0.1, 0.15) is 19.8 Å². The average Bonchev–Trinajstić information content (AvgIpc) is 2.15. The summed E-state index contributed by atoms with van der Waals surface area (Å²) < 4.78 is 23.0. The summed E-state index contributed by atoms with van der Waals surface area (Å²) in [6, 6.07) is 0. The highest BCUT2D eigenvalue weighted by Gasteiger charge is 2.21. The number of carbonyl (C=O) groups excluding carboxylic acids is 1. The number of carboxylic acids is 1. The van der Waals surface area contributed by atoms with E-state index in [0.717, 1.165) is 0 Å². The largest absolute Gasteiger partial charge is 0.481 e. The van der Waals surface area contributed by atoms with Crippen LogP contribution in [0.2, 0.25) is 0 Å². The Labute approximate surface area is 102 Å². The molecule has 0 aromatic carbocycles. The van der Waals surface area contributed by atoms with Crippen molar-refractivity contribution < 1.29 is 23.1 Å². The van der Waals surface area contributed by atoms with E-state index in [2.05, 4.69) is 0 Å². The van der Waals surface area contributed by atoms with E-state index in [1.807, 2.05) is 0 Å². The number of hydrogen-bond donors (Lipinski definition) is 1. The topological polar surface area (TPSA) is 91.8 Å². The second kappa shape index (κ2) is 6.58. The van der Waals surface area contributed by atoms with Gasteiger partial charge in [0.05, 0.1) is 17.4 Å². The number of hydrogen-bond acceptors (Lipinski definition) is 4. The summed E-state index contributed by atoms with van der Waals surface area (Å²) in [5.74, 6) is -2.70. The van der Waals surface area contributed by atoms with Crippen molar-refractivity contribution in [2.45, 2.75) is 19.8 Å². The number of carbonyl (C=O) groups is 2. The summed E-state index contributed by atoms with van der Waals surface area (Å²) in [6.07, 6.45) is 0.388. The van der Waals surface area contributed by atoms with Gasteiger partial charge in [0.1, 0.15) is 0 Å². The highest BCUT2D eigenvalue weighted by atomic mass is 32.2. The van der Waals surface area contributed by atoms with Crippen LogP contribution in [0, 0.1) is 5.92 Å². The lowest BCUT2D eigenvalue weighted by molar-refractivity contribution is -0.140. The Kier molecular flexibility index (Phi) is 6.15. The molecular weight excluding hydrogens is 246 g/mol. The van der Waals surface area contributed by atoms with Gasteiger partial charge in [0, 0.05) is 20.5 Å². The van der Waals surface area contributed by atoms with Crippen LogP contribution in [0.5, 0.6) is 0 Å². The molecule has 0 bridgehead atoms. The van der Waals surface area contributed by atoms with E-state index >= 15 is 0 Å². The Morgan fingerprint density at radius 1 is 1.29 bits per heavy atom. The third-order valence-electron chi connectivity index (χ3n) is 2.27. The zero-order valence-corrected chi connectivity index (χ0v) is 11.2. The van der Waals surface area contributed by atoms with Crippen LogP contribution in [0.4, 0.5) is 0 Å². The summed E-state index contributed by atoms with van der Waals surface area (Å²) in [4.78, 5) is 23.1. The highest BCUT2D eigenvalue weighted by molar-refractivity contribution is 7.91. The van der Waals surface area contributed by atoms with E-state index < -0.39 is 21.7 Å². The lowest BCUT2D eigenvalue weighted by Crippen LogP contribution is -2.25. The van der Waals surface area contributed by atoms with Gasteiger partial charge < -0.3 is 10.0 Å². The zero-order valence-electron chi connectivity index (χ0n) is 10.3. The minimum Gasteiger partial charge on any atom is -0.481 e. The van der Waals surface area contributed by atoms with Gasteiger partial charge in [0.15, 0.2) is 9.84 Å². The molecule has 0 saturated heterocycles. The van der Waals surface area contributed by atoms with Gasteiger partial charge in [0.25, 0.3) is 0 Å². The van der Waals surface area contributed by atoms with E-state index in [9.17, 15) is 18.0 Å². The van der Waals surface area contributed by atoms with Crippen molar-refractivity contribution in [1.82, 2.24) is 4.90 Å². The SMILES string of the molecule is CC(CS(=O)(=O)CCCC(=O)N(C)C)C(=O)O. The third kappa shape index (κ3) is 6.93. The van der Waals surface area contributed by atoms with Crippen LogP contribution in [0.3, 0.4) is 0 Å². The number of amides is 1. The Morgan fingerprint density at radius 3 is 2.24 bits per heavy atom. The summed E-state index contributed by atoms with van der Waals surface area (Å²) in [5, 5.41) is 8.61. The van der Waals surface area contributed by atoms with Crippen molar-refractivity contribution in [3.8, 4) is 0 Å². The highest BCUT2D eigenvalue weighted by Crippen LogP contribution is 2.05. The van der Waals surface area contributed by atoms with E-state index in [0.29, 0.717) is 0 Å². The molecule has 0 aliphatic heterocycles. The van der Waals surface area contributed by atoms with Crippen molar-refractivity contribution in [2.75, 3.05) is 25.6 Å². The molecule has 6 nitrogen and oxygen atoms in total. The Hall–Kier alpha value is -1.11. The molecule has 1 atom stereocenters. The molecule has 0 aromatic rings. The fourth-order valence-electron chi connectivity index (χ4n) is 1.20. The van der Waals surface area contributed by atoms with Crippen molar-refractivity contribution in [2.24, 2.45) is 5.92 Å². The molecule has 1 amide bonds. The van der Waals surface area contributed by atoms with Gasteiger partial charge in [-0.25, -0.2) is 8.42 Å². The molecule has 0 rings (SSSR count). The van der Waals surface area contributed by atoms with E-state index in [1.54, 1.807) is 14.1 Å². The molecular formula is C10H19NO5S. The lowest BCUT2D eigenvalue weighted by atomic mass is 10.2. The first-order valence-corrected chi connectivity index (χ1v) is 7.11. The molecule has 0 saturated carbocycles. The summed E-state index contributed by atoms with van der Waals surface area (Å²) in [6.45, 7) is 1.35. The summed E-state index contributed by atoms with van der Waals surface area (Å²) >= 11 is 0. The first-order chi connectivity index (χ1) is 7.65. The van der Waals surface area contributed by atoms with Gasteiger partial charge in [-0.15, -0.1) is 0 Å². The van der Waals surface area contributed by atoms with E-state index in [4.69, 9.17) is 5.11 Å². The molecule has 1 unspecified atom stereocenters. The van der Waals surface area contributed by atoms with Crippen LogP contribution >= 0.6 is 0 Å². The minimum absolute atomic E-state index is 0.133. The molecule has 1 N–H and O–H groups in total. The average molecular weight is 265 g/mol. The summed E-state index contributed by atoms with van der Waals surface area (Å²) in [5.41, 5.74) is 0. The molecule has 0 heterocycles. The van der Waals surface area contributed by atoms with Gasteiger partial charge in [-0.05, 0) is 6.42 Å². The maximum Gasteiger partial charge on any atom is 0.307 e. The molecule has 17 heavy (non-hydrogen) atoms. The molecule has 0 fully saturated rings. The van der Waals surface area contributed by atoms with Crippen molar-refractivity contribution in [3.05, 3.63) is 0 Å². The Bertz CT molecular complexity index is 374. The monoisotopic (exact) mass is 265 g/mol. The predicted molar refractivity (Wildman–Crippen MR) is 63.4 cm³/mol. The maximum absolute atomic E-state index is 11.5. The second-order valence-electron chi connectivity index (χ2n) is 4.25. The molecule has 0 aromatic heterocycles. The number of aliphatic carboxylic acids is 1. The zero-order chi connectivity index (χ0) is 13.6. The van der Waals surface area contributed by atoms with Crippen LogP contribution in [-0.4, -0.2) is 55.9 Å². The Balaban J connectivity index is 4.12. The van der Waals surface area contributed by atoms with Gasteiger partial charge in [-0.1, -0.05) is 6.92 Å². The molecule has 0 aliphatic carbocycles. The van der Waals surface area contributed by atoms with Gasteiger partial charge >= 0.3 is 5.97 Å². The maximum atomic E-state index is 11.5. The fraction of sp³-hybridized carbons (Fsp3) is 0.800. The van der Waals surface area contributed by atoms with E-state index in [1.165, 1.54) is 11.8 Å². The van der Waals surface area contributed by atoms with Crippen LogP contribution in [0.15, 0.2) is 0 Å². The normalized spacial score (nSPS) is 13.1. The second-order valence-corrected chi connectivity index (χ2v) is 6.47. The van der Waals surface area contributed by atoms with Gasteiger partial charge in [0.2, 0.25) is 5.91 Å². The number of nitrogens with zero attached hydrogens (tertiary/aromatic N) is 1. The number of carboxylic acid groups (broad SMARTS) is 1. The van der Waals surface area contributed by atoms with Crippen LogP contribution < -0.4 is 0 Å². The quantitative estimate of drug-likeness (QED) is 0.699. The Morgan fingerprint density at radius 2 is 1.82 bits per heavy atom. The number of sulfone groups is 1. The van der Waals surface area contributed by atoms with Gasteiger partial charge in [-0.2, -0.15) is 0 Å². The van der Waals surface area contributed by atoms with E-state index in [-0.39, 0.29) is 30.3 Å². The molecule has 0 radical (unpaired) electrons. The molecule has 100 valence electrons. The lowest BCUT2D eigenvalue weighted by Gasteiger charge is -2.10. The first-order valence-electron chi connectivity index (χ1n) is 5.29. The molecule has 0 aliphatic rings. The first kappa shape index (κ1) is 15.9. The van der Waals surface area contributed by atoms with Crippen LogP contribution in [0.25, 0.3) is 0 Å². The van der Waals surface area contributed by atoms with Crippen LogP contribution in [-0.2, 0) is 19.4 Å². The standard InChI is InChI=1S/C10H19NO5S/c1-8(10(13)14)7-17(15,16)6-4-5-9(12)11(2)3/h8H,4-7H2,1-3H3,(H,13,14). The smallest absolute Gasteiger partial charge is 0.307 e. The van der Waals surface area contributed by atoms with Crippen molar-refractivity contribution in [3.63, 3.8) is 0 Å².